The van der Waals surface area contributed by atoms with E-state index in [0.29, 0.717) is 0 Å². The highest BCUT2D eigenvalue weighted by Gasteiger charge is 2.23. The molecule has 1 nitrogen and oxygen atoms in total. The average Bonchev–Trinajstić information content (AvgIpc) is 2.55. The third-order valence-corrected chi connectivity index (χ3v) is 3.87. The van der Waals surface area contributed by atoms with E-state index in [0.717, 1.165) is 18.4 Å². The molecule has 0 saturated carbocycles. The molecule has 0 bridgehead atoms. The van der Waals surface area contributed by atoms with Crippen molar-refractivity contribution in [1.82, 2.24) is 0 Å². The molecule has 1 unspecified atom stereocenters. The molecule has 0 N–H and O–H groups in total. The third-order valence-electron chi connectivity index (χ3n) is 3.87. The number of benzene rings is 1. The van der Waals surface area contributed by atoms with Gasteiger partial charge in [-0.2, -0.15) is 0 Å². The summed E-state index contributed by atoms with van der Waals surface area (Å²) < 4.78 is 5.63. The molecule has 2 rings (SSSR count). The van der Waals surface area contributed by atoms with Crippen molar-refractivity contribution >= 4 is 0 Å². The lowest BCUT2D eigenvalue weighted by molar-refractivity contribution is 0.0843. The van der Waals surface area contributed by atoms with Gasteiger partial charge < -0.3 is 4.74 Å². The molecular formula is C20H24O. The lowest BCUT2D eigenvalue weighted by atomic mass is 9.94. The Morgan fingerprint density at radius 3 is 2.76 bits per heavy atom. The monoisotopic (exact) mass is 280 g/mol. The fourth-order valence-electron chi connectivity index (χ4n) is 2.49. The van der Waals surface area contributed by atoms with E-state index >= 15 is 0 Å². The Bertz CT molecular complexity index is 571. The van der Waals surface area contributed by atoms with Gasteiger partial charge in [0, 0.05) is 19.1 Å². The van der Waals surface area contributed by atoms with Crippen LogP contribution in [0.15, 0.2) is 48.6 Å². The van der Waals surface area contributed by atoms with Gasteiger partial charge >= 0.3 is 0 Å². The number of rotatable bonds is 5. The fourth-order valence-corrected chi connectivity index (χ4v) is 2.49. The number of hydrogen-bond donors (Lipinski definition) is 0. The van der Waals surface area contributed by atoms with E-state index in [-0.39, 0.29) is 0 Å². The van der Waals surface area contributed by atoms with Crippen LogP contribution in [0.4, 0.5) is 0 Å². The SMILES string of the molecule is CCCCCc1ccccc1C#CC1(OC)C=CC=CC1. The van der Waals surface area contributed by atoms with E-state index in [9.17, 15) is 0 Å². The van der Waals surface area contributed by atoms with Gasteiger partial charge in [0.05, 0.1) is 0 Å². The normalized spacial score (nSPS) is 20.1. The molecule has 21 heavy (non-hydrogen) atoms. The van der Waals surface area contributed by atoms with Crippen LogP contribution in [-0.4, -0.2) is 12.7 Å². The number of unbranched alkanes of at least 4 members (excludes halogenated alkanes) is 2. The fraction of sp³-hybridized carbons (Fsp3) is 0.400. The summed E-state index contributed by atoms with van der Waals surface area (Å²) in [6, 6.07) is 8.46. The first kappa shape index (κ1) is 15.6. The van der Waals surface area contributed by atoms with Gasteiger partial charge in [-0.3, -0.25) is 0 Å². The molecule has 110 valence electrons. The molecule has 0 radical (unpaired) electrons. The van der Waals surface area contributed by atoms with Crippen molar-refractivity contribution in [2.24, 2.45) is 0 Å². The number of aryl methyl sites for hydroxylation is 1. The second-order valence-corrected chi connectivity index (χ2v) is 5.45. The van der Waals surface area contributed by atoms with Gasteiger partial charge in [0.1, 0.15) is 0 Å². The predicted octanol–water partition coefficient (Wildman–Crippen LogP) is 4.67. The topological polar surface area (TPSA) is 9.23 Å². The van der Waals surface area contributed by atoms with Crippen LogP contribution in [-0.2, 0) is 11.2 Å². The zero-order valence-electron chi connectivity index (χ0n) is 13.1. The van der Waals surface area contributed by atoms with Crippen molar-refractivity contribution in [3.8, 4) is 11.8 Å². The Morgan fingerprint density at radius 1 is 1.19 bits per heavy atom. The zero-order valence-corrected chi connectivity index (χ0v) is 13.1. The number of allylic oxidation sites excluding steroid dienone is 2. The van der Waals surface area contributed by atoms with E-state index in [4.69, 9.17) is 4.74 Å². The summed E-state index contributed by atoms with van der Waals surface area (Å²) in [4.78, 5) is 0. The first-order valence-electron chi connectivity index (χ1n) is 7.80. The second kappa shape index (κ2) is 7.86. The lowest BCUT2D eigenvalue weighted by Gasteiger charge is -2.23. The highest BCUT2D eigenvalue weighted by atomic mass is 16.5. The molecule has 0 spiro atoms. The Hall–Kier alpha value is -1.78. The molecule has 0 aliphatic heterocycles. The van der Waals surface area contributed by atoms with E-state index in [1.807, 2.05) is 18.2 Å². The minimum absolute atomic E-state index is 0.467. The molecular weight excluding hydrogens is 256 g/mol. The molecule has 0 saturated heterocycles. The van der Waals surface area contributed by atoms with Crippen molar-refractivity contribution < 1.29 is 4.74 Å². The maximum Gasteiger partial charge on any atom is 0.150 e. The largest absolute Gasteiger partial charge is 0.362 e. The summed E-state index contributed by atoms with van der Waals surface area (Å²) in [7, 11) is 1.73. The molecule has 1 aliphatic carbocycles. The Kier molecular flexibility index (Phi) is 5.84. The highest BCUT2D eigenvalue weighted by molar-refractivity contribution is 5.44. The third kappa shape index (κ3) is 4.34. The molecule has 0 heterocycles. The molecule has 0 amide bonds. The van der Waals surface area contributed by atoms with Gasteiger partial charge in [-0.25, -0.2) is 0 Å². The Balaban J connectivity index is 2.18. The van der Waals surface area contributed by atoms with E-state index < -0.39 is 5.60 Å². The van der Waals surface area contributed by atoms with Crippen molar-refractivity contribution in [2.45, 2.75) is 44.6 Å². The van der Waals surface area contributed by atoms with Gasteiger partial charge in [-0.1, -0.05) is 68.0 Å². The average molecular weight is 280 g/mol. The summed E-state index contributed by atoms with van der Waals surface area (Å²) in [5.41, 5.74) is 2.01. The van der Waals surface area contributed by atoms with Crippen molar-refractivity contribution in [3.05, 3.63) is 59.7 Å². The van der Waals surface area contributed by atoms with E-state index in [1.165, 1.54) is 24.8 Å². The second-order valence-electron chi connectivity index (χ2n) is 5.45. The minimum Gasteiger partial charge on any atom is -0.362 e. The number of methoxy groups -OCH3 is 1. The van der Waals surface area contributed by atoms with E-state index in [1.54, 1.807) is 7.11 Å². The number of ether oxygens (including phenoxy) is 1. The van der Waals surface area contributed by atoms with Crippen molar-refractivity contribution in [3.63, 3.8) is 0 Å². The van der Waals surface area contributed by atoms with Crippen LogP contribution >= 0.6 is 0 Å². The first-order valence-corrected chi connectivity index (χ1v) is 7.80. The molecule has 1 atom stereocenters. The standard InChI is InChI=1S/C20H24O/c1-3-4-6-11-18-12-7-8-13-19(18)14-17-20(21-2)15-9-5-10-16-20/h5,7-10,12-13,15H,3-4,6,11,16H2,1-2H3. The molecule has 1 heteroatoms. The van der Waals surface area contributed by atoms with Crippen molar-refractivity contribution in [2.75, 3.05) is 7.11 Å². The predicted molar refractivity (Wildman–Crippen MR) is 89.2 cm³/mol. The van der Waals surface area contributed by atoms with Crippen LogP contribution in [0, 0.1) is 11.8 Å². The summed E-state index contributed by atoms with van der Waals surface area (Å²) in [5.74, 6) is 6.66. The quantitative estimate of drug-likeness (QED) is 0.562. The summed E-state index contributed by atoms with van der Waals surface area (Å²) in [5, 5.41) is 0. The molecule has 1 aromatic carbocycles. The minimum atomic E-state index is -0.467. The summed E-state index contributed by atoms with van der Waals surface area (Å²) in [6.45, 7) is 2.23. The molecule has 1 aliphatic rings. The Labute approximate surface area is 128 Å². The van der Waals surface area contributed by atoms with Gasteiger partial charge in [0.15, 0.2) is 5.60 Å². The zero-order chi connectivity index (χ0) is 15.0. The van der Waals surface area contributed by atoms with Gasteiger partial charge in [-0.05, 0) is 30.5 Å². The summed E-state index contributed by atoms with van der Waals surface area (Å²) in [6.07, 6.45) is 13.9. The highest BCUT2D eigenvalue weighted by Crippen LogP contribution is 2.21. The lowest BCUT2D eigenvalue weighted by Crippen LogP contribution is -2.27. The van der Waals surface area contributed by atoms with Crippen LogP contribution in [0.5, 0.6) is 0 Å². The Morgan fingerprint density at radius 2 is 2.05 bits per heavy atom. The smallest absolute Gasteiger partial charge is 0.150 e. The number of hydrogen-bond acceptors (Lipinski definition) is 1. The van der Waals surface area contributed by atoms with Crippen LogP contribution in [0.1, 0.15) is 43.7 Å². The molecule has 1 aromatic rings. The van der Waals surface area contributed by atoms with Crippen LogP contribution in [0.2, 0.25) is 0 Å². The molecule has 0 aromatic heterocycles. The van der Waals surface area contributed by atoms with Crippen molar-refractivity contribution in [1.29, 1.82) is 0 Å². The maximum absolute atomic E-state index is 5.63. The maximum atomic E-state index is 5.63. The molecule has 0 fully saturated rings. The first-order chi connectivity index (χ1) is 10.3. The van der Waals surface area contributed by atoms with Crippen LogP contribution < -0.4 is 0 Å². The van der Waals surface area contributed by atoms with Crippen LogP contribution in [0.3, 0.4) is 0 Å². The van der Waals surface area contributed by atoms with Gasteiger partial charge in [-0.15, -0.1) is 0 Å². The van der Waals surface area contributed by atoms with Gasteiger partial charge in [0.2, 0.25) is 0 Å². The van der Waals surface area contributed by atoms with E-state index in [2.05, 4.69) is 49.1 Å². The van der Waals surface area contributed by atoms with Crippen LogP contribution in [0.25, 0.3) is 0 Å². The van der Waals surface area contributed by atoms with Gasteiger partial charge in [0.25, 0.3) is 0 Å². The summed E-state index contributed by atoms with van der Waals surface area (Å²) >= 11 is 0.